The number of pyridine rings is 1. The van der Waals surface area contributed by atoms with Gasteiger partial charge in [0, 0.05) is 11.8 Å². The van der Waals surface area contributed by atoms with Crippen molar-refractivity contribution in [1.82, 2.24) is 15.0 Å². The second kappa shape index (κ2) is 3.84. The molecule has 82 valence electrons. The number of hydrogen-bond donors (Lipinski definition) is 1. The highest BCUT2D eigenvalue weighted by Crippen LogP contribution is 2.24. The molecule has 0 spiro atoms. The molecule has 2 N–H and O–H groups in total. The highest BCUT2D eigenvalue weighted by Gasteiger charge is 2.12. The third-order valence-corrected chi connectivity index (χ3v) is 2.36. The number of nitrogens with zero attached hydrogens (tertiary/aromatic N) is 3. The van der Waals surface area contributed by atoms with Gasteiger partial charge in [0.05, 0.1) is 17.6 Å². The molecule has 2 aromatic heterocycles. The number of hydrogen-bond acceptors (Lipinski definition) is 4. The molecule has 16 heavy (non-hydrogen) atoms. The predicted octanol–water partition coefficient (Wildman–Crippen LogP) is 1.88. The minimum Gasteiger partial charge on any atom is -0.382 e. The van der Waals surface area contributed by atoms with E-state index >= 15 is 0 Å². The molecule has 2 aromatic rings. The van der Waals surface area contributed by atoms with Gasteiger partial charge < -0.3 is 5.73 Å². The van der Waals surface area contributed by atoms with Crippen LogP contribution >= 0.6 is 0 Å². The molecule has 0 saturated heterocycles. The summed E-state index contributed by atoms with van der Waals surface area (Å²) in [6, 6.07) is 1.53. The third kappa shape index (κ3) is 1.71. The molecule has 0 bridgehead atoms. The molecule has 0 fully saturated rings. The Labute approximate surface area is 92.4 Å². The highest BCUT2D eigenvalue weighted by atomic mass is 19.1. The van der Waals surface area contributed by atoms with Crippen LogP contribution in [0.15, 0.2) is 18.5 Å². The fourth-order valence-corrected chi connectivity index (χ4v) is 1.39. The molecule has 0 aliphatic heterocycles. The van der Waals surface area contributed by atoms with Crippen LogP contribution in [0.2, 0.25) is 0 Å². The maximum atomic E-state index is 13.5. The van der Waals surface area contributed by atoms with Crippen LogP contribution in [-0.4, -0.2) is 15.0 Å². The van der Waals surface area contributed by atoms with E-state index in [9.17, 15) is 4.39 Å². The lowest BCUT2D eigenvalue weighted by Crippen LogP contribution is -2.03. The lowest BCUT2D eigenvalue weighted by Gasteiger charge is -2.07. The SMILES string of the molecule is Cc1nc(N)c(-c2ccncc2F)nc1C. The summed E-state index contributed by atoms with van der Waals surface area (Å²) in [6.07, 6.45) is 2.63. The first-order valence-corrected chi connectivity index (χ1v) is 4.80. The molecule has 2 heterocycles. The van der Waals surface area contributed by atoms with Crippen LogP contribution in [0.1, 0.15) is 11.4 Å². The van der Waals surface area contributed by atoms with Gasteiger partial charge in [-0.25, -0.2) is 14.4 Å². The van der Waals surface area contributed by atoms with E-state index in [0.29, 0.717) is 11.3 Å². The summed E-state index contributed by atoms with van der Waals surface area (Å²) < 4.78 is 13.5. The lowest BCUT2D eigenvalue weighted by atomic mass is 10.1. The molecule has 0 saturated carbocycles. The van der Waals surface area contributed by atoms with E-state index in [0.717, 1.165) is 17.6 Å². The number of anilines is 1. The van der Waals surface area contributed by atoms with E-state index in [1.54, 1.807) is 0 Å². The van der Waals surface area contributed by atoms with Crippen molar-refractivity contribution in [2.24, 2.45) is 0 Å². The fraction of sp³-hybridized carbons (Fsp3) is 0.182. The Kier molecular flexibility index (Phi) is 2.52. The number of aromatic nitrogens is 3. The summed E-state index contributed by atoms with van der Waals surface area (Å²) in [4.78, 5) is 12.0. The van der Waals surface area contributed by atoms with Crippen molar-refractivity contribution in [2.45, 2.75) is 13.8 Å². The second-order valence-corrected chi connectivity index (χ2v) is 3.48. The van der Waals surface area contributed by atoms with Crippen molar-refractivity contribution in [3.8, 4) is 11.3 Å². The quantitative estimate of drug-likeness (QED) is 0.793. The Morgan fingerprint density at radius 1 is 1.19 bits per heavy atom. The number of nitrogens with two attached hydrogens (primary N) is 1. The van der Waals surface area contributed by atoms with Crippen LogP contribution in [0.5, 0.6) is 0 Å². The van der Waals surface area contributed by atoms with Gasteiger partial charge in [0.15, 0.2) is 5.82 Å². The standard InChI is InChI=1S/C11H11FN4/c1-6-7(2)16-11(13)10(15-6)8-3-4-14-5-9(8)12/h3-5H,1-2H3,(H2,13,16). The van der Waals surface area contributed by atoms with Crippen molar-refractivity contribution in [3.63, 3.8) is 0 Å². The number of rotatable bonds is 1. The Bertz CT molecular complexity index is 540. The number of halogens is 1. The minimum atomic E-state index is -0.452. The third-order valence-electron chi connectivity index (χ3n) is 2.36. The van der Waals surface area contributed by atoms with E-state index < -0.39 is 5.82 Å². The summed E-state index contributed by atoms with van der Waals surface area (Å²) in [5.74, 6) is -0.222. The zero-order chi connectivity index (χ0) is 11.7. The molecule has 0 aromatic carbocycles. The maximum Gasteiger partial charge on any atom is 0.151 e. The molecule has 0 aliphatic rings. The zero-order valence-electron chi connectivity index (χ0n) is 9.03. The Morgan fingerprint density at radius 2 is 1.88 bits per heavy atom. The van der Waals surface area contributed by atoms with Gasteiger partial charge in [-0.1, -0.05) is 0 Å². The Morgan fingerprint density at radius 3 is 2.56 bits per heavy atom. The average Bonchev–Trinajstić information content (AvgIpc) is 2.25. The van der Waals surface area contributed by atoms with Gasteiger partial charge in [-0.05, 0) is 19.9 Å². The summed E-state index contributed by atoms with van der Waals surface area (Å²) >= 11 is 0. The molecular formula is C11H11FN4. The van der Waals surface area contributed by atoms with Crippen molar-refractivity contribution < 1.29 is 4.39 Å². The van der Waals surface area contributed by atoms with E-state index in [4.69, 9.17) is 5.73 Å². The van der Waals surface area contributed by atoms with Gasteiger partial charge in [0.1, 0.15) is 11.5 Å². The van der Waals surface area contributed by atoms with Gasteiger partial charge in [-0.3, -0.25) is 4.98 Å². The second-order valence-electron chi connectivity index (χ2n) is 3.48. The lowest BCUT2D eigenvalue weighted by molar-refractivity contribution is 0.624. The van der Waals surface area contributed by atoms with Crippen LogP contribution < -0.4 is 5.73 Å². The summed E-state index contributed by atoms with van der Waals surface area (Å²) in [5, 5.41) is 0. The summed E-state index contributed by atoms with van der Waals surface area (Å²) in [7, 11) is 0. The highest BCUT2D eigenvalue weighted by molar-refractivity contribution is 5.70. The Balaban J connectivity index is 2.65. The van der Waals surface area contributed by atoms with E-state index in [2.05, 4.69) is 15.0 Å². The van der Waals surface area contributed by atoms with Crippen LogP contribution in [0.4, 0.5) is 10.2 Å². The zero-order valence-corrected chi connectivity index (χ0v) is 9.03. The first-order chi connectivity index (χ1) is 7.59. The first-order valence-electron chi connectivity index (χ1n) is 4.80. The van der Waals surface area contributed by atoms with Crippen molar-refractivity contribution in [2.75, 3.05) is 5.73 Å². The first kappa shape index (κ1) is 10.5. The molecule has 0 unspecified atom stereocenters. The summed E-state index contributed by atoms with van der Waals surface area (Å²) in [6.45, 7) is 3.62. The predicted molar refractivity (Wildman–Crippen MR) is 59.1 cm³/mol. The van der Waals surface area contributed by atoms with E-state index in [1.807, 2.05) is 13.8 Å². The van der Waals surface area contributed by atoms with Gasteiger partial charge >= 0.3 is 0 Å². The molecule has 0 radical (unpaired) electrons. The van der Waals surface area contributed by atoms with Crippen LogP contribution in [0, 0.1) is 19.7 Å². The number of aryl methyl sites for hydroxylation is 2. The largest absolute Gasteiger partial charge is 0.382 e. The Hall–Kier alpha value is -2.04. The molecule has 2 rings (SSSR count). The topological polar surface area (TPSA) is 64.7 Å². The van der Waals surface area contributed by atoms with Gasteiger partial charge in [0.25, 0.3) is 0 Å². The molecule has 4 nitrogen and oxygen atoms in total. The molecule has 0 amide bonds. The normalized spacial score (nSPS) is 10.4. The fourth-order valence-electron chi connectivity index (χ4n) is 1.39. The molecule has 0 aliphatic carbocycles. The smallest absolute Gasteiger partial charge is 0.151 e. The van der Waals surface area contributed by atoms with Crippen molar-refractivity contribution in [1.29, 1.82) is 0 Å². The van der Waals surface area contributed by atoms with Crippen LogP contribution in [0.25, 0.3) is 11.3 Å². The maximum absolute atomic E-state index is 13.5. The van der Waals surface area contributed by atoms with Gasteiger partial charge in [-0.15, -0.1) is 0 Å². The van der Waals surface area contributed by atoms with Gasteiger partial charge in [0.2, 0.25) is 0 Å². The average molecular weight is 218 g/mol. The monoisotopic (exact) mass is 218 g/mol. The van der Waals surface area contributed by atoms with Crippen molar-refractivity contribution >= 4 is 5.82 Å². The minimum absolute atomic E-state index is 0.230. The number of nitrogen functional groups attached to an aromatic ring is 1. The summed E-state index contributed by atoms with van der Waals surface area (Å²) in [5.41, 5.74) is 7.90. The molecule has 0 atom stereocenters. The van der Waals surface area contributed by atoms with E-state index in [-0.39, 0.29) is 5.82 Å². The van der Waals surface area contributed by atoms with Crippen LogP contribution in [-0.2, 0) is 0 Å². The van der Waals surface area contributed by atoms with E-state index in [1.165, 1.54) is 12.3 Å². The van der Waals surface area contributed by atoms with Crippen molar-refractivity contribution in [3.05, 3.63) is 35.7 Å². The van der Waals surface area contributed by atoms with Gasteiger partial charge in [-0.2, -0.15) is 0 Å². The van der Waals surface area contributed by atoms with Crippen LogP contribution in [0.3, 0.4) is 0 Å². The molecule has 5 heteroatoms. The molecular weight excluding hydrogens is 207 g/mol.